The quantitative estimate of drug-likeness (QED) is 0.430. The summed E-state index contributed by atoms with van der Waals surface area (Å²) in [6, 6.07) is 18.4. The fourth-order valence-corrected chi connectivity index (χ4v) is 5.25. The molecular weight excluding hydrogens is 426 g/mol. The molecule has 7 nitrogen and oxygen atoms in total. The van der Waals surface area contributed by atoms with E-state index in [1.807, 2.05) is 0 Å². The molecule has 1 atom stereocenters. The molecule has 8 heteroatoms. The van der Waals surface area contributed by atoms with E-state index in [0.29, 0.717) is 44.5 Å². The normalized spacial score (nSPS) is 13.8. The van der Waals surface area contributed by atoms with Crippen LogP contribution in [0.1, 0.15) is 33.3 Å². The standard InChI is InChI=1S/C24H19N3O4S/c1-14-8-9-15(23(28)19-7-2-3-12-25-19)13-20(14)27-32(30,31)21-11-10-18-22-16(21)5-4-6-17(22)24(29)26-18/h2-13,23,27-28H,1H3,(H,26,29)/t23-/m1/s1. The second-order valence-electron chi connectivity index (χ2n) is 7.63. The van der Waals surface area contributed by atoms with Gasteiger partial charge in [-0.05, 0) is 54.4 Å². The van der Waals surface area contributed by atoms with E-state index in [4.69, 9.17) is 0 Å². The third-order valence-corrected chi connectivity index (χ3v) is 7.00. The molecule has 2 heterocycles. The number of aromatic nitrogens is 1. The molecule has 0 aliphatic carbocycles. The number of aliphatic hydroxyl groups excluding tert-OH is 1. The van der Waals surface area contributed by atoms with Crippen LogP contribution in [0, 0.1) is 6.92 Å². The number of anilines is 2. The molecule has 1 aliphatic rings. The van der Waals surface area contributed by atoms with E-state index in [0.717, 1.165) is 0 Å². The number of aliphatic hydroxyl groups is 1. The summed E-state index contributed by atoms with van der Waals surface area (Å²) in [7, 11) is -3.98. The number of hydrogen-bond acceptors (Lipinski definition) is 5. The third-order valence-electron chi connectivity index (χ3n) is 5.57. The minimum Gasteiger partial charge on any atom is -0.382 e. The Morgan fingerprint density at radius 3 is 2.66 bits per heavy atom. The molecule has 4 aromatic rings. The van der Waals surface area contributed by atoms with E-state index in [9.17, 15) is 18.3 Å². The molecule has 0 saturated heterocycles. The summed E-state index contributed by atoms with van der Waals surface area (Å²) in [5.74, 6) is -0.250. The number of pyridine rings is 1. The molecule has 32 heavy (non-hydrogen) atoms. The van der Waals surface area contributed by atoms with Crippen LogP contribution in [0.25, 0.3) is 10.8 Å². The molecule has 0 bridgehead atoms. The highest BCUT2D eigenvalue weighted by Gasteiger charge is 2.26. The average Bonchev–Trinajstić information content (AvgIpc) is 3.12. The number of aryl methyl sites for hydroxylation is 1. The minimum atomic E-state index is -3.98. The van der Waals surface area contributed by atoms with Gasteiger partial charge in [-0.25, -0.2) is 8.42 Å². The minimum absolute atomic E-state index is 0.0738. The maximum Gasteiger partial charge on any atom is 0.262 e. The van der Waals surface area contributed by atoms with Gasteiger partial charge in [0, 0.05) is 28.2 Å². The van der Waals surface area contributed by atoms with E-state index in [1.54, 1.807) is 73.8 Å². The van der Waals surface area contributed by atoms with E-state index in [-0.39, 0.29) is 10.8 Å². The maximum absolute atomic E-state index is 13.4. The number of amides is 1. The number of carbonyl (C=O) groups is 1. The van der Waals surface area contributed by atoms with Crippen molar-refractivity contribution in [1.82, 2.24) is 4.98 Å². The van der Waals surface area contributed by atoms with Gasteiger partial charge in [0.1, 0.15) is 6.10 Å². The molecular formula is C24H19N3O4S. The van der Waals surface area contributed by atoms with Gasteiger partial charge in [0.15, 0.2) is 0 Å². The number of nitrogens with one attached hydrogen (secondary N) is 2. The SMILES string of the molecule is Cc1ccc([C@@H](O)c2ccccn2)cc1NS(=O)(=O)c1ccc2c3c(cccc13)C(=O)N2. The Labute approximate surface area is 184 Å². The largest absolute Gasteiger partial charge is 0.382 e. The second kappa shape index (κ2) is 7.44. The van der Waals surface area contributed by atoms with Crippen molar-refractivity contribution < 1.29 is 18.3 Å². The Bertz CT molecular complexity index is 1480. The summed E-state index contributed by atoms with van der Waals surface area (Å²) in [4.78, 5) is 16.4. The molecule has 1 amide bonds. The Kier molecular flexibility index (Phi) is 4.69. The second-order valence-corrected chi connectivity index (χ2v) is 9.28. The lowest BCUT2D eigenvalue weighted by molar-refractivity contribution is 0.103. The fraction of sp³-hybridized carbons (Fsp3) is 0.0833. The topological polar surface area (TPSA) is 108 Å². The summed E-state index contributed by atoms with van der Waals surface area (Å²) in [6.45, 7) is 1.78. The van der Waals surface area contributed by atoms with E-state index in [1.165, 1.54) is 6.07 Å². The first kappa shape index (κ1) is 20.2. The number of hydrogen-bond donors (Lipinski definition) is 3. The highest BCUT2D eigenvalue weighted by Crippen LogP contribution is 2.37. The van der Waals surface area contributed by atoms with Gasteiger partial charge in [0.25, 0.3) is 15.9 Å². The molecule has 3 aromatic carbocycles. The van der Waals surface area contributed by atoms with Crippen molar-refractivity contribution in [3.05, 3.63) is 95.3 Å². The summed E-state index contributed by atoms with van der Waals surface area (Å²) in [6.07, 6.45) is 0.597. The van der Waals surface area contributed by atoms with Crippen molar-refractivity contribution >= 4 is 38.1 Å². The Hall–Kier alpha value is -3.75. The van der Waals surface area contributed by atoms with Crippen LogP contribution < -0.4 is 10.0 Å². The average molecular weight is 446 g/mol. The summed E-state index contributed by atoms with van der Waals surface area (Å²) < 4.78 is 29.4. The van der Waals surface area contributed by atoms with Crippen LogP contribution in [0.15, 0.2) is 77.8 Å². The van der Waals surface area contributed by atoms with Crippen LogP contribution in [0.2, 0.25) is 0 Å². The van der Waals surface area contributed by atoms with E-state index < -0.39 is 16.1 Å². The molecule has 3 N–H and O–H groups in total. The summed E-state index contributed by atoms with van der Waals surface area (Å²) in [5, 5.41) is 14.5. The Morgan fingerprint density at radius 2 is 1.88 bits per heavy atom. The first-order valence-electron chi connectivity index (χ1n) is 9.94. The molecule has 0 radical (unpaired) electrons. The molecule has 0 unspecified atom stereocenters. The van der Waals surface area contributed by atoms with Crippen LogP contribution in [0.5, 0.6) is 0 Å². The maximum atomic E-state index is 13.4. The number of benzene rings is 3. The number of sulfonamides is 1. The number of rotatable bonds is 5. The number of nitrogens with zero attached hydrogens (tertiary/aromatic N) is 1. The lowest BCUT2D eigenvalue weighted by Gasteiger charge is -2.16. The van der Waals surface area contributed by atoms with Crippen molar-refractivity contribution in [3.63, 3.8) is 0 Å². The zero-order valence-electron chi connectivity index (χ0n) is 17.0. The molecule has 0 spiro atoms. The molecule has 1 aromatic heterocycles. The van der Waals surface area contributed by atoms with Gasteiger partial charge in [0.05, 0.1) is 16.3 Å². The van der Waals surface area contributed by atoms with Gasteiger partial charge in [-0.1, -0.05) is 30.3 Å². The fourth-order valence-electron chi connectivity index (χ4n) is 3.93. The van der Waals surface area contributed by atoms with E-state index >= 15 is 0 Å². The van der Waals surface area contributed by atoms with Crippen LogP contribution in [-0.4, -0.2) is 24.4 Å². The van der Waals surface area contributed by atoms with Gasteiger partial charge in [-0.3, -0.25) is 14.5 Å². The molecule has 0 saturated carbocycles. The first-order valence-corrected chi connectivity index (χ1v) is 11.4. The number of carbonyl (C=O) groups excluding carboxylic acids is 1. The van der Waals surface area contributed by atoms with Gasteiger partial charge < -0.3 is 10.4 Å². The van der Waals surface area contributed by atoms with Crippen LogP contribution in [0.3, 0.4) is 0 Å². The highest BCUT2D eigenvalue weighted by atomic mass is 32.2. The van der Waals surface area contributed by atoms with Crippen molar-refractivity contribution in [1.29, 1.82) is 0 Å². The smallest absolute Gasteiger partial charge is 0.262 e. The van der Waals surface area contributed by atoms with Crippen molar-refractivity contribution in [2.75, 3.05) is 10.0 Å². The predicted octanol–water partition coefficient (Wildman–Crippen LogP) is 3.99. The van der Waals surface area contributed by atoms with Gasteiger partial charge in [0.2, 0.25) is 0 Å². The summed E-state index contributed by atoms with van der Waals surface area (Å²) >= 11 is 0. The van der Waals surface area contributed by atoms with Crippen molar-refractivity contribution in [3.8, 4) is 0 Å². The lowest BCUT2D eigenvalue weighted by Crippen LogP contribution is -2.15. The zero-order chi connectivity index (χ0) is 22.5. The summed E-state index contributed by atoms with van der Waals surface area (Å²) in [5.41, 5.74) is 3.09. The lowest BCUT2D eigenvalue weighted by atomic mass is 10.0. The van der Waals surface area contributed by atoms with Gasteiger partial charge in [-0.2, -0.15) is 0 Å². The van der Waals surface area contributed by atoms with E-state index in [2.05, 4.69) is 15.0 Å². The molecule has 160 valence electrons. The molecule has 5 rings (SSSR count). The zero-order valence-corrected chi connectivity index (χ0v) is 17.8. The van der Waals surface area contributed by atoms with Gasteiger partial charge in [-0.15, -0.1) is 0 Å². The van der Waals surface area contributed by atoms with Gasteiger partial charge >= 0.3 is 0 Å². The Morgan fingerprint density at radius 1 is 1.03 bits per heavy atom. The van der Waals surface area contributed by atoms with Crippen LogP contribution >= 0.6 is 0 Å². The van der Waals surface area contributed by atoms with Crippen LogP contribution in [-0.2, 0) is 10.0 Å². The Balaban J connectivity index is 1.55. The van der Waals surface area contributed by atoms with Crippen molar-refractivity contribution in [2.24, 2.45) is 0 Å². The monoisotopic (exact) mass is 445 g/mol. The third kappa shape index (κ3) is 3.30. The first-order chi connectivity index (χ1) is 15.3. The predicted molar refractivity (Wildman–Crippen MR) is 122 cm³/mol. The molecule has 1 aliphatic heterocycles. The highest BCUT2D eigenvalue weighted by molar-refractivity contribution is 7.93. The molecule has 0 fully saturated rings. The van der Waals surface area contributed by atoms with Crippen LogP contribution in [0.4, 0.5) is 11.4 Å². The van der Waals surface area contributed by atoms with Crippen molar-refractivity contribution in [2.45, 2.75) is 17.9 Å².